The first-order chi connectivity index (χ1) is 8.92. The van der Waals surface area contributed by atoms with Gasteiger partial charge in [-0.05, 0) is 32.1 Å². The van der Waals surface area contributed by atoms with Crippen molar-refractivity contribution in [2.24, 2.45) is 11.3 Å². The lowest BCUT2D eigenvalue weighted by Gasteiger charge is -2.31. The summed E-state index contributed by atoms with van der Waals surface area (Å²) >= 11 is 0. The molecule has 2 aliphatic rings. The van der Waals surface area contributed by atoms with Gasteiger partial charge in [-0.3, -0.25) is 4.79 Å². The van der Waals surface area contributed by atoms with E-state index >= 15 is 0 Å². The van der Waals surface area contributed by atoms with Gasteiger partial charge >= 0.3 is 12.0 Å². The fourth-order valence-electron chi connectivity index (χ4n) is 3.01. The normalized spacial score (nSPS) is 26.8. The summed E-state index contributed by atoms with van der Waals surface area (Å²) in [7, 11) is 0. The summed E-state index contributed by atoms with van der Waals surface area (Å²) in [5.74, 6) is -0.730. The molecular formula is C14H24N2O3. The lowest BCUT2D eigenvalue weighted by molar-refractivity contribution is -0.150. The first kappa shape index (κ1) is 14.2. The van der Waals surface area contributed by atoms with Crippen LogP contribution in [0, 0.1) is 11.3 Å². The largest absolute Gasteiger partial charge is 0.481 e. The summed E-state index contributed by atoms with van der Waals surface area (Å²) in [6.07, 6.45) is 2.73. The molecule has 1 N–H and O–H groups in total. The molecule has 1 unspecified atom stereocenters. The van der Waals surface area contributed by atoms with E-state index in [0.29, 0.717) is 32.1 Å². The summed E-state index contributed by atoms with van der Waals surface area (Å²) in [6.45, 7) is 7.47. The van der Waals surface area contributed by atoms with Crippen LogP contribution >= 0.6 is 0 Å². The van der Waals surface area contributed by atoms with Crippen molar-refractivity contribution < 1.29 is 14.7 Å². The minimum absolute atomic E-state index is 0.0220. The summed E-state index contributed by atoms with van der Waals surface area (Å²) in [5.41, 5.74) is -0.765. The fraction of sp³-hybridized carbons (Fsp3) is 0.857. The molecule has 108 valence electrons. The third kappa shape index (κ3) is 2.42. The highest BCUT2D eigenvalue weighted by Gasteiger charge is 2.49. The van der Waals surface area contributed by atoms with Crippen molar-refractivity contribution in [3.05, 3.63) is 0 Å². The zero-order valence-corrected chi connectivity index (χ0v) is 12.1. The molecule has 1 atom stereocenters. The lowest BCUT2D eigenvalue weighted by atomic mass is 9.76. The third-order valence-corrected chi connectivity index (χ3v) is 4.68. The molecule has 0 radical (unpaired) electrons. The maximum atomic E-state index is 12.4. The van der Waals surface area contributed by atoms with Gasteiger partial charge in [-0.15, -0.1) is 0 Å². The molecule has 5 nitrogen and oxygen atoms in total. The Bertz CT molecular complexity index is 379. The molecule has 1 saturated carbocycles. The van der Waals surface area contributed by atoms with Gasteiger partial charge in [0.25, 0.3) is 0 Å². The number of aliphatic carboxylic acids is 1. The highest BCUT2D eigenvalue weighted by Crippen LogP contribution is 2.39. The Labute approximate surface area is 114 Å². The minimum atomic E-state index is -0.771. The Hall–Kier alpha value is -1.26. The van der Waals surface area contributed by atoms with Gasteiger partial charge in [0.05, 0.1) is 5.41 Å². The number of hydrogen-bond donors (Lipinski definition) is 1. The second kappa shape index (κ2) is 5.02. The van der Waals surface area contributed by atoms with Crippen LogP contribution in [0.3, 0.4) is 0 Å². The predicted molar refractivity (Wildman–Crippen MR) is 71.9 cm³/mol. The molecular weight excluding hydrogens is 244 g/mol. The summed E-state index contributed by atoms with van der Waals surface area (Å²) in [4.78, 5) is 27.6. The molecule has 1 aliphatic heterocycles. The van der Waals surface area contributed by atoms with Crippen LogP contribution in [0.15, 0.2) is 0 Å². The molecule has 1 aliphatic carbocycles. The number of carbonyl (C=O) groups excluding carboxylic acids is 1. The first-order valence-corrected chi connectivity index (χ1v) is 7.21. The third-order valence-electron chi connectivity index (χ3n) is 4.68. The monoisotopic (exact) mass is 268 g/mol. The van der Waals surface area contributed by atoms with Crippen molar-refractivity contribution in [1.29, 1.82) is 0 Å². The number of rotatable bonds is 4. The van der Waals surface area contributed by atoms with Gasteiger partial charge in [0.2, 0.25) is 0 Å². The van der Waals surface area contributed by atoms with Crippen LogP contribution in [0.1, 0.15) is 40.0 Å². The molecule has 0 aromatic carbocycles. The maximum absolute atomic E-state index is 12.4. The van der Waals surface area contributed by atoms with Gasteiger partial charge in [0, 0.05) is 25.7 Å². The van der Waals surface area contributed by atoms with E-state index in [-0.39, 0.29) is 11.9 Å². The maximum Gasteiger partial charge on any atom is 0.320 e. The highest BCUT2D eigenvalue weighted by molar-refractivity contribution is 5.80. The van der Waals surface area contributed by atoms with Crippen molar-refractivity contribution in [2.75, 3.05) is 19.6 Å². The fourth-order valence-corrected chi connectivity index (χ4v) is 3.01. The smallest absolute Gasteiger partial charge is 0.320 e. The van der Waals surface area contributed by atoms with Crippen LogP contribution in [0.5, 0.6) is 0 Å². The zero-order valence-electron chi connectivity index (χ0n) is 12.1. The van der Waals surface area contributed by atoms with Gasteiger partial charge in [0.15, 0.2) is 0 Å². The lowest BCUT2D eigenvalue weighted by Crippen LogP contribution is -2.46. The Morgan fingerprint density at radius 1 is 1.42 bits per heavy atom. The van der Waals surface area contributed by atoms with Gasteiger partial charge in [-0.25, -0.2) is 4.79 Å². The van der Waals surface area contributed by atoms with Gasteiger partial charge in [0.1, 0.15) is 0 Å². The summed E-state index contributed by atoms with van der Waals surface area (Å²) in [6, 6.07) is 0.408. The minimum Gasteiger partial charge on any atom is -0.481 e. The number of amides is 2. The van der Waals surface area contributed by atoms with E-state index in [0.717, 1.165) is 12.8 Å². The zero-order chi connectivity index (χ0) is 14.2. The second-order valence-corrected chi connectivity index (χ2v) is 6.09. The molecule has 1 heterocycles. The van der Waals surface area contributed by atoms with Crippen LogP contribution in [-0.4, -0.2) is 52.6 Å². The Morgan fingerprint density at radius 3 is 2.42 bits per heavy atom. The van der Waals surface area contributed by atoms with E-state index in [1.807, 2.05) is 25.7 Å². The molecule has 19 heavy (non-hydrogen) atoms. The Kier molecular flexibility index (Phi) is 3.74. The van der Waals surface area contributed by atoms with E-state index < -0.39 is 11.4 Å². The molecule has 2 fully saturated rings. The van der Waals surface area contributed by atoms with Crippen LogP contribution in [0.4, 0.5) is 4.79 Å². The van der Waals surface area contributed by atoms with Crippen LogP contribution in [0.2, 0.25) is 0 Å². The van der Waals surface area contributed by atoms with Crippen LogP contribution < -0.4 is 0 Å². The topological polar surface area (TPSA) is 60.9 Å². The molecule has 5 heteroatoms. The van der Waals surface area contributed by atoms with E-state index in [4.69, 9.17) is 0 Å². The van der Waals surface area contributed by atoms with Gasteiger partial charge in [-0.2, -0.15) is 0 Å². The van der Waals surface area contributed by atoms with Crippen molar-refractivity contribution in [1.82, 2.24) is 9.80 Å². The number of carbonyl (C=O) groups is 2. The van der Waals surface area contributed by atoms with Crippen LogP contribution in [-0.2, 0) is 4.79 Å². The van der Waals surface area contributed by atoms with Crippen LogP contribution in [0.25, 0.3) is 0 Å². The van der Waals surface area contributed by atoms with E-state index in [1.165, 1.54) is 0 Å². The van der Waals surface area contributed by atoms with E-state index in [1.54, 1.807) is 4.90 Å². The average molecular weight is 268 g/mol. The number of nitrogens with zero attached hydrogens (tertiary/aromatic N) is 2. The average Bonchev–Trinajstić information content (AvgIpc) is 3.07. The molecule has 1 saturated heterocycles. The van der Waals surface area contributed by atoms with E-state index in [9.17, 15) is 14.7 Å². The van der Waals surface area contributed by atoms with Gasteiger partial charge in [-0.1, -0.05) is 13.8 Å². The predicted octanol–water partition coefficient (Wildman–Crippen LogP) is 2.02. The molecule has 0 aromatic heterocycles. The molecule has 2 rings (SSSR count). The van der Waals surface area contributed by atoms with Crippen molar-refractivity contribution >= 4 is 12.0 Å². The van der Waals surface area contributed by atoms with Crippen molar-refractivity contribution in [3.63, 3.8) is 0 Å². The van der Waals surface area contributed by atoms with Crippen molar-refractivity contribution in [3.8, 4) is 0 Å². The molecule has 0 bridgehead atoms. The Balaban J connectivity index is 2.08. The molecule has 0 spiro atoms. The second-order valence-electron chi connectivity index (χ2n) is 6.09. The van der Waals surface area contributed by atoms with Gasteiger partial charge < -0.3 is 14.9 Å². The number of carboxylic acid groups (broad SMARTS) is 1. The molecule has 0 aromatic rings. The first-order valence-electron chi connectivity index (χ1n) is 7.21. The standard InChI is InChI=1S/C14H24N2O3/c1-4-16(11-5-6-11)13(19)15-8-7-14(9-15,10(2)3)12(17)18/h10-11H,4-9H2,1-3H3,(H,17,18). The number of likely N-dealkylation sites (tertiary alicyclic amines) is 1. The highest BCUT2D eigenvalue weighted by atomic mass is 16.4. The molecule has 2 amide bonds. The quantitative estimate of drug-likeness (QED) is 0.848. The summed E-state index contributed by atoms with van der Waals surface area (Å²) in [5, 5.41) is 9.50. The SMILES string of the molecule is CCN(C(=O)N1CCC(C(=O)O)(C(C)C)C1)C1CC1. The number of urea groups is 1. The van der Waals surface area contributed by atoms with E-state index in [2.05, 4.69) is 0 Å². The number of carboxylic acids is 1. The Morgan fingerprint density at radius 2 is 2.05 bits per heavy atom. The van der Waals surface area contributed by atoms with Crippen molar-refractivity contribution in [2.45, 2.75) is 46.1 Å². The summed E-state index contributed by atoms with van der Waals surface area (Å²) < 4.78 is 0. The number of hydrogen-bond acceptors (Lipinski definition) is 2.